The summed E-state index contributed by atoms with van der Waals surface area (Å²) in [5.41, 5.74) is 8.01. The molecule has 2 heterocycles. The van der Waals surface area contributed by atoms with Gasteiger partial charge in [-0.2, -0.15) is 0 Å². The van der Waals surface area contributed by atoms with E-state index in [1.165, 1.54) is 4.90 Å². The van der Waals surface area contributed by atoms with Gasteiger partial charge in [0.2, 0.25) is 5.91 Å². The van der Waals surface area contributed by atoms with Gasteiger partial charge in [0.25, 0.3) is 5.91 Å². The molecule has 2 aromatic rings. The molecule has 0 fully saturated rings. The Morgan fingerprint density at radius 1 is 1.24 bits per heavy atom. The van der Waals surface area contributed by atoms with Gasteiger partial charge in [0, 0.05) is 24.7 Å². The number of amides is 2. The zero-order chi connectivity index (χ0) is 27.2. The second kappa shape index (κ2) is 9.71. The summed E-state index contributed by atoms with van der Waals surface area (Å²) >= 11 is 0. The SMILES string of the molecule is CCC1(CC)CC(=O)N([C@H]2c3cc(C(=O)NC4c5ccccc5C[C@H]4O)ccc3O[C@@]2(C)COC)C(N)=N1. The fraction of sp³-hybridized carbons (Fsp3) is 0.483. The Balaban J connectivity index is 1.50. The molecule has 0 radical (unpaired) electrons. The van der Waals surface area contributed by atoms with Crippen LogP contribution in [0.4, 0.5) is 0 Å². The van der Waals surface area contributed by atoms with E-state index in [4.69, 9.17) is 20.2 Å². The van der Waals surface area contributed by atoms with Crippen molar-refractivity contribution in [1.82, 2.24) is 10.2 Å². The number of aliphatic imine (C=N–C) groups is 1. The fourth-order valence-corrected chi connectivity index (χ4v) is 6.18. The number of nitrogens with zero attached hydrogens (tertiary/aromatic N) is 2. The normalized spacial score (nSPS) is 27.4. The first kappa shape index (κ1) is 26.2. The first-order chi connectivity index (χ1) is 18.1. The van der Waals surface area contributed by atoms with E-state index in [9.17, 15) is 14.7 Å². The van der Waals surface area contributed by atoms with Crippen molar-refractivity contribution in [2.45, 2.75) is 75.8 Å². The highest BCUT2D eigenvalue weighted by Gasteiger charge is 2.53. The topological polar surface area (TPSA) is 126 Å². The van der Waals surface area contributed by atoms with Crippen molar-refractivity contribution in [3.63, 3.8) is 0 Å². The molecular formula is C29H36N4O5. The summed E-state index contributed by atoms with van der Waals surface area (Å²) in [4.78, 5) is 33.3. The van der Waals surface area contributed by atoms with Crippen LogP contribution in [0.5, 0.6) is 5.75 Å². The summed E-state index contributed by atoms with van der Waals surface area (Å²) in [5, 5.41) is 13.6. The van der Waals surface area contributed by atoms with Crippen molar-refractivity contribution in [2.24, 2.45) is 10.7 Å². The molecule has 0 bridgehead atoms. The summed E-state index contributed by atoms with van der Waals surface area (Å²) in [5.74, 6) is 0.246. The number of benzene rings is 2. The van der Waals surface area contributed by atoms with Gasteiger partial charge in [-0.1, -0.05) is 38.1 Å². The van der Waals surface area contributed by atoms with Crippen LogP contribution in [0.1, 0.15) is 79.2 Å². The third kappa shape index (κ3) is 4.23. The third-order valence-electron chi connectivity index (χ3n) is 8.33. The predicted molar refractivity (Wildman–Crippen MR) is 143 cm³/mol. The molecule has 2 aromatic carbocycles. The monoisotopic (exact) mass is 520 g/mol. The Morgan fingerprint density at radius 2 is 1.97 bits per heavy atom. The van der Waals surface area contributed by atoms with Crippen LogP contribution in [0.25, 0.3) is 0 Å². The van der Waals surface area contributed by atoms with E-state index in [0.29, 0.717) is 36.1 Å². The minimum atomic E-state index is -0.943. The lowest BCUT2D eigenvalue weighted by Gasteiger charge is -2.42. The van der Waals surface area contributed by atoms with E-state index in [1.807, 2.05) is 45.0 Å². The maximum absolute atomic E-state index is 13.6. The van der Waals surface area contributed by atoms with Crippen LogP contribution in [-0.2, 0) is 16.0 Å². The summed E-state index contributed by atoms with van der Waals surface area (Å²) in [6.45, 7) is 6.09. The molecule has 9 nitrogen and oxygen atoms in total. The molecule has 0 aromatic heterocycles. The molecule has 202 valence electrons. The van der Waals surface area contributed by atoms with E-state index in [1.54, 1.807) is 25.3 Å². The Labute approximate surface area is 223 Å². The summed E-state index contributed by atoms with van der Waals surface area (Å²) < 4.78 is 11.8. The smallest absolute Gasteiger partial charge is 0.251 e. The Kier molecular flexibility index (Phi) is 6.69. The second-order valence-corrected chi connectivity index (χ2v) is 10.8. The number of rotatable bonds is 7. The molecular weight excluding hydrogens is 484 g/mol. The molecule has 1 aliphatic carbocycles. The standard InChI is InChI=1S/C29H36N4O5/c1-5-29(6-2)15-23(35)33(27(30)32-29)25-20-13-18(11-12-22(20)38-28(25,3)16-37-4)26(36)31-24-19-10-8-7-9-17(19)14-21(24)34/h7-13,21,24-25,34H,5-6,14-16H2,1-4H3,(H2,30,32)(H,31,36)/t21-,24?,25+,28+/m1/s1. The number of aliphatic hydroxyl groups is 1. The molecule has 2 aliphatic heterocycles. The zero-order valence-corrected chi connectivity index (χ0v) is 22.4. The number of methoxy groups -OCH3 is 1. The Morgan fingerprint density at radius 3 is 2.66 bits per heavy atom. The minimum Gasteiger partial charge on any atom is -0.482 e. The van der Waals surface area contributed by atoms with Gasteiger partial charge in [-0.25, -0.2) is 4.99 Å². The quantitative estimate of drug-likeness (QED) is 0.515. The fourth-order valence-electron chi connectivity index (χ4n) is 6.18. The molecule has 2 amide bonds. The van der Waals surface area contributed by atoms with Crippen LogP contribution in [0.3, 0.4) is 0 Å². The maximum Gasteiger partial charge on any atom is 0.251 e. The highest BCUT2D eigenvalue weighted by atomic mass is 16.5. The molecule has 4 atom stereocenters. The summed E-state index contributed by atoms with van der Waals surface area (Å²) in [6.07, 6.45) is 1.44. The van der Waals surface area contributed by atoms with Gasteiger partial charge in [0.1, 0.15) is 11.8 Å². The second-order valence-electron chi connectivity index (χ2n) is 10.8. The molecule has 0 saturated heterocycles. The number of hydrogen-bond acceptors (Lipinski definition) is 7. The highest BCUT2D eigenvalue weighted by molar-refractivity contribution is 6.00. The number of guanidine groups is 1. The predicted octanol–water partition coefficient (Wildman–Crippen LogP) is 3.02. The first-order valence-corrected chi connectivity index (χ1v) is 13.2. The number of ether oxygens (including phenoxy) is 2. The zero-order valence-electron chi connectivity index (χ0n) is 22.4. The third-order valence-corrected chi connectivity index (χ3v) is 8.33. The molecule has 38 heavy (non-hydrogen) atoms. The van der Waals surface area contributed by atoms with Crippen LogP contribution in [0.2, 0.25) is 0 Å². The van der Waals surface area contributed by atoms with Gasteiger partial charge in [0.05, 0.1) is 30.7 Å². The van der Waals surface area contributed by atoms with Crippen molar-refractivity contribution in [2.75, 3.05) is 13.7 Å². The Bertz CT molecular complexity index is 1290. The van der Waals surface area contributed by atoms with Crippen LogP contribution in [0.15, 0.2) is 47.5 Å². The van der Waals surface area contributed by atoms with Gasteiger partial charge in [-0.05, 0) is 49.1 Å². The van der Waals surface area contributed by atoms with Gasteiger partial charge in [-0.3, -0.25) is 14.5 Å². The number of hydrogen-bond donors (Lipinski definition) is 3. The van der Waals surface area contributed by atoms with Crippen molar-refractivity contribution < 1.29 is 24.2 Å². The number of carbonyl (C=O) groups excluding carboxylic acids is 2. The number of aliphatic hydroxyl groups excluding tert-OH is 1. The molecule has 1 unspecified atom stereocenters. The lowest BCUT2D eigenvalue weighted by molar-refractivity contribution is -0.135. The van der Waals surface area contributed by atoms with Crippen molar-refractivity contribution in [3.05, 3.63) is 64.7 Å². The number of carbonyl (C=O) groups is 2. The van der Waals surface area contributed by atoms with Gasteiger partial charge < -0.3 is 25.6 Å². The number of fused-ring (bicyclic) bond motifs is 2. The average Bonchev–Trinajstić information content (AvgIpc) is 3.36. The molecule has 4 N–H and O–H groups in total. The van der Waals surface area contributed by atoms with Crippen molar-refractivity contribution in [3.8, 4) is 5.75 Å². The van der Waals surface area contributed by atoms with Gasteiger partial charge in [-0.15, -0.1) is 0 Å². The highest BCUT2D eigenvalue weighted by Crippen LogP contribution is 2.48. The van der Waals surface area contributed by atoms with Crippen LogP contribution in [0, 0.1) is 0 Å². The number of nitrogens with one attached hydrogen (secondary N) is 1. The summed E-state index contributed by atoms with van der Waals surface area (Å²) in [7, 11) is 1.58. The van der Waals surface area contributed by atoms with E-state index in [2.05, 4.69) is 5.32 Å². The lowest BCUT2D eigenvalue weighted by atomic mass is 9.85. The van der Waals surface area contributed by atoms with Crippen molar-refractivity contribution >= 4 is 17.8 Å². The van der Waals surface area contributed by atoms with E-state index in [-0.39, 0.29) is 30.8 Å². The van der Waals surface area contributed by atoms with Crippen LogP contribution in [-0.4, -0.2) is 58.7 Å². The molecule has 0 spiro atoms. The Hall–Kier alpha value is -3.43. The first-order valence-electron chi connectivity index (χ1n) is 13.2. The largest absolute Gasteiger partial charge is 0.482 e. The van der Waals surface area contributed by atoms with Crippen molar-refractivity contribution in [1.29, 1.82) is 0 Å². The van der Waals surface area contributed by atoms with Crippen LogP contribution >= 0.6 is 0 Å². The molecule has 5 rings (SSSR count). The van der Waals surface area contributed by atoms with E-state index < -0.39 is 29.3 Å². The lowest BCUT2D eigenvalue weighted by Crippen LogP contribution is -2.58. The van der Waals surface area contributed by atoms with Gasteiger partial charge >= 0.3 is 0 Å². The molecule has 0 saturated carbocycles. The molecule has 9 heteroatoms. The molecule has 3 aliphatic rings. The average molecular weight is 521 g/mol. The summed E-state index contributed by atoms with van der Waals surface area (Å²) in [6, 6.07) is 11.7. The van der Waals surface area contributed by atoms with Gasteiger partial charge in [0.15, 0.2) is 11.6 Å². The number of nitrogens with two attached hydrogens (primary N) is 1. The minimum absolute atomic E-state index is 0.134. The van der Waals surface area contributed by atoms with E-state index >= 15 is 0 Å². The van der Waals surface area contributed by atoms with E-state index in [0.717, 1.165) is 11.1 Å². The van der Waals surface area contributed by atoms with Crippen LogP contribution < -0.4 is 15.8 Å². The maximum atomic E-state index is 13.6.